The van der Waals surface area contributed by atoms with Crippen LogP contribution in [-0.2, 0) is 6.42 Å². The van der Waals surface area contributed by atoms with Gasteiger partial charge in [0.1, 0.15) is 46.7 Å². The van der Waals surface area contributed by atoms with Crippen molar-refractivity contribution >= 4 is 5.78 Å². The number of carbonyl (C=O) groups excluding carboxylic acids is 1. The number of ether oxygens (including phenoxy) is 2. The summed E-state index contributed by atoms with van der Waals surface area (Å²) in [7, 11) is 0. The summed E-state index contributed by atoms with van der Waals surface area (Å²) < 4.78 is 11.9. The van der Waals surface area contributed by atoms with E-state index >= 15 is 0 Å². The van der Waals surface area contributed by atoms with Crippen molar-refractivity contribution in [2.24, 2.45) is 0 Å². The number of fused-ring (bicyclic) bond motifs is 2. The highest BCUT2D eigenvalue weighted by Crippen LogP contribution is 2.50. The molecule has 2 aliphatic rings. The summed E-state index contributed by atoms with van der Waals surface area (Å²) >= 11 is 0. The van der Waals surface area contributed by atoms with Crippen LogP contribution in [0.1, 0.15) is 73.4 Å². The Balaban J connectivity index is 1.88. The largest absolute Gasteiger partial charge is 0.508 e. The van der Waals surface area contributed by atoms with Crippen LogP contribution < -0.4 is 9.47 Å². The molecule has 0 radical (unpaired) electrons. The Hall–Kier alpha value is -3.23. The van der Waals surface area contributed by atoms with Gasteiger partial charge in [-0.1, -0.05) is 11.6 Å². The van der Waals surface area contributed by atoms with E-state index in [-0.39, 0.29) is 52.1 Å². The average Bonchev–Trinajstić information content (AvgIpc) is 2.71. The van der Waals surface area contributed by atoms with Crippen LogP contribution in [0.5, 0.6) is 28.7 Å². The molecule has 3 atom stereocenters. The minimum absolute atomic E-state index is 0.0161. The molecule has 0 aliphatic carbocycles. The van der Waals surface area contributed by atoms with Crippen molar-refractivity contribution < 1.29 is 39.8 Å². The lowest BCUT2D eigenvalue weighted by Crippen LogP contribution is -2.48. The molecule has 8 nitrogen and oxygen atoms in total. The summed E-state index contributed by atoms with van der Waals surface area (Å²) in [5.41, 5.74) is 0.953. The number of hydrogen-bond acceptors (Lipinski definition) is 8. The van der Waals surface area contributed by atoms with Gasteiger partial charge in [0.25, 0.3) is 0 Å². The molecule has 8 heteroatoms. The van der Waals surface area contributed by atoms with Crippen molar-refractivity contribution in [1.82, 2.24) is 0 Å². The van der Waals surface area contributed by atoms with Gasteiger partial charge in [0, 0.05) is 28.8 Å². The molecule has 2 aromatic rings. The molecule has 0 saturated carbocycles. The third kappa shape index (κ3) is 3.89. The predicted molar refractivity (Wildman–Crippen MR) is 119 cm³/mol. The molecule has 0 saturated heterocycles. The van der Waals surface area contributed by atoms with Crippen LogP contribution in [-0.4, -0.2) is 43.0 Å². The van der Waals surface area contributed by atoms with Gasteiger partial charge in [-0.2, -0.15) is 0 Å². The molecule has 4 rings (SSSR count). The third-order valence-corrected chi connectivity index (χ3v) is 6.16. The minimum atomic E-state index is -1.33. The summed E-state index contributed by atoms with van der Waals surface area (Å²) in [6, 6.07) is 3.90. The Morgan fingerprint density at radius 2 is 1.82 bits per heavy atom. The van der Waals surface area contributed by atoms with Crippen molar-refractivity contribution in [2.45, 2.75) is 64.4 Å². The molecule has 33 heavy (non-hydrogen) atoms. The summed E-state index contributed by atoms with van der Waals surface area (Å²) in [6.07, 6.45) is -1.35. The fourth-order valence-corrected chi connectivity index (χ4v) is 4.34. The van der Waals surface area contributed by atoms with Crippen molar-refractivity contribution in [3.63, 3.8) is 0 Å². The maximum Gasteiger partial charge on any atom is 0.174 e. The Morgan fingerprint density at radius 3 is 2.48 bits per heavy atom. The molecule has 2 heterocycles. The van der Waals surface area contributed by atoms with Crippen molar-refractivity contribution in [1.29, 1.82) is 0 Å². The molecule has 5 N–H and O–H groups in total. The Morgan fingerprint density at radius 1 is 1.12 bits per heavy atom. The molecular formula is C25H28O8. The zero-order valence-electron chi connectivity index (χ0n) is 18.9. The fourth-order valence-electron chi connectivity index (χ4n) is 4.34. The van der Waals surface area contributed by atoms with Crippen LogP contribution in [0.4, 0.5) is 0 Å². The van der Waals surface area contributed by atoms with E-state index in [0.29, 0.717) is 17.5 Å². The van der Waals surface area contributed by atoms with Crippen LogP contribution in [0.3, 0.4) is 0 Å². The topological polar surface area (TPSA) is 137 Å². The molecule has 0 aromatic heterocycles. The normalized spacial score (nSPS) is 23.1. The highest BCUT2D eigenvalue weighted by Gasteiger charge is 2.45. The number of phenols is 3. The zero-order chi connectivity index (χ0) is 24.2. The molecule has 0 spiro atoms. The summed E-state index contributed by atoms with van der Waals surface area (Å²) in [6.45, 7) is 7.06. The number of carbonyl (C=O) groups is 1. The van der Waals surface area contributed by atoms with Crippen LogP contribution in [0.15, 0.2) is 29.8 Å². The van der Waals surface area contributed by atoms with E-state index in [1.54, 1.807) is 19.9 Å². The maximum absolute atomic E-state index is 12.8. The van der Waals surface area contributed by atoms with Gasteiger partial charge in [-0.05, 0) is 40.2 Å². The monoisotopic (exact) mass is 456 g/mol. The number of benzene rings is 2. The second-order valence-corrected chi connectivity index (χ2v) is 9.36. The summed E-state index contributed by atoms with van der Waals surface area (Å²) in [5.74, 6) is -1.11. The van der Waals surface area contributed by atoms with E-state index in [1.165, 1.54) is 6.07 Å². The number of Topliss-reactive ketones (excluding diaryl/α,β-unsaturated/α-hetero) is 1. The van der Waals surface area contributed by atoms with Gasteiger partial charge in [-0.25, -0.2) is 0 Å². The van der Waals surface area contributed by atoms with E-state index in [4.69, 9.17) is 9.47 Å². The summed E-state index contributed by atoms with van der Waals surface area (Å²) in [5, 5.41) is 52.4. The second kappa shape index (κ2) is 7.97. The lowest BCUT2D eigenvalue weighted by Gasteiger charge is -2.41. The maximum atomic E-state index is 12.8. The first-order valence-electron chi connectivity index (χ1n) is 10.7. The van der Waals surface area contributed by atoms with Gasteiger partial charge in [-0.3, -0.25) is 4.79 Å². The summed E-state index contributed by atoms with van der Waals surface area (Å²) in [4.78, 5) is 12.8. The lowest BCUT2D eigenvalue weighted by atomic mass is 9.83. The Bertz CT molecular complexity index is 1160. The molecular weight excluding hydrogens is 428 g/mol. The number of allylic oxidation sites excluding steroid dienone is 2. The molecule has 0 fully saturated rings. The highest BCUT2D eigenvalue weighted by atomic mass is 16.5. The van der Waals surface area contributed by atoms with E-state index in [9.17, 15) is 30.3 Å². The molecule has 0 amide bonds. The van der Waals surface area contributed by atoms with Crippen molar-refractivity contribution in [2.75, 3.05) is 0 Å². The third-order valence-electron chi connectivity index (χ3n) is 6.16. The molecule has 176 valence electrons. The quantitative estimate of drug-likeness (QED) is 0.442. The first kappa shape index (κ1) is 22.9. The van der Waals surface area contributed by atoms with E-state index in [2.05, 4.69) is 0 Å². The molecule has 2 aromatic carbocycles. The van der Waals surface area contributed by atoms with Gasteiger partial charge in [0.2, 0.25) is 0 Å². The first-order valence-corrected chi connectivity index (χ1v) is 10.7. The highest BCUT2D eigenvalue weighted by molar-refractivity contribution is 6.02. The fraction of sp³-hybridized carbons (Fsp3) is 0.400. The van der Waals surface area contributed by atoms with Crippen LogP contribution in [0, 0.1) is 0 Å². The van der Waals surface area contributed by atoms with E-state index < -0.39 is 23.9 Å². The van der Waals surface area contributed by atoms with Gasteiger partial charge in [0.15, 0.2) is 17.3 Å². The minimum Gasteiger partial charge on any atom is -0.508 e. The van der Waals surface area contributed by atoms with Crippen LogP contribution >= 0.6 is 0 Å². The zero-order valence-corrected chi connectivity index (χ0v) is 18.9. The number of phenolic OH excluding ortho intramolecular Hbond substituents is 3. The van der Waals surface area contributed by atoms with Gasteiger partial charge >= 0.3 is 0 Å². The lowest BCUT2D eigenvalue weighted by molar-refractivity contribution is -0.112. The molecule has 0 bridgehead atoms. The SMILES string of the molecule is CC(C)=CCc1c([C@@H]2CC(=O)c3c(O)cc(O)cc3O2)cc2c(c1O)OC(C)(C)[C@H](O)[C@@H]2O. The van der Waals surface area contributed by atoms with Crippen LogP contribution in [0.25, 0.3) is 0 Å². The van der Waals surface area contributed by atoms with E-state index in [1.807, 2.05) is 19.9 Å². The number of aliphatic hydroxyl groups excluding tert-OH is 2. The predicted octanol–water partition coefficient (Wildman–Crippen LogP) is 3.58. The standard InChI is InChI=1S/C25H28O8/c1-11(2)5-6-13-14(9-15-22(30)24(31)25(3,4)33-23(15)21(13)29)18-10-17(28)20-16(27)7-12(26)8-19(20)32-18/h5,7-9,18,22,24,26-27,29-31H,6,10H2,1-4H3/t18-,22+,24+/m0/s1. The number of rotatable bonds is 3. The molecule has 2 aliphatic heterocycles. The average molecular weight is 456 g/mol. The van der Waals surface area contributed by atoms with Gasteiger partial charge in [-0.15, -0.1) is 0 Å². The second-order valence-electron chi connectivity index (χ2n) is 9.36. The Kier molecular flexibility index (Phi) is 5.54. The first-order chi connectivity index (χ1) is 15.4. The number of aliphatic hydroxyl groups is 2. The van der Waals surface area contributed by atoms with Gasteiger partial charge in [0.05, 0.1) is 6.42 Å². The Labute approximate surface area is 191 Å². The number of hydrogen-bond donors (Lipinski definition) is 5. The van der Waals surface area contributed by atoms with Crippen molar-refractivity contribution in [3.05, 3.63) is 52.1 Å². The van der Waals surface area contributed by atoms with Gasteiger partial charge < -0.3 is 35.0 Å². The molecule has 0 unspecified atom stereocenters. The van der Waals surface area contributed by atoms with E-state index in [0.717, 1.165) is 11.6 Å². The smallest absolute Gasteiger partial charge is 0.174 e. The van der Waals surface area contributed by atoms with Crippen LogP contribution in [0.2, 0.25) is 0 Å². The number of aromatic hydroxyl groups is 3. The number of ketones is 1. The van der Waals surface area contributed by atoms with Crippen molar-refractivity contribution in [3.8, 4) is 28.7 Å².